The monoisotopic (exact) mass is 168 g/mol. The van der Waals surface area contributed by atoms with Crippen LogP contribution in [0.3, 0.4) is 0 Å². The van der Waals surface area contributed by atoms with Crippen LogP contribution in [0.2, 0.25) is 0 Å². The van der Waals surface area contributed by atoms with Gasteiger partial charge in [-0.2, -0.15) is 0 Å². The fourth-order valence-electron chi connectivity index (χ4n) is 0.236. The molecule has 0 fully saturated rings. The molecule has 0 aromatic carbocycles. The van der Waals surface area contributed by atoms with Gasteiger partial charge in [0.15, 0.2) is 0 Å². The first-order valence-electron chi connectivity index (χ1n) is 2.14. The minimum atomic E-state index is -1.53. The number of carboxylic acid groups (broad SMARTS) is 2. The van der Waals surface area contributed by atoms with Gasteiger partial charge >= 0.3 is 37.7 Å². The summed E-state index contributed by atoms with van der Waals surface area (Å²) >= 11 is 0. The first-order valence-corrected chi connectivity index (χ1v) is 2.14. The Kier molecular flexibility index (Phi) is 7.19. The van der Waals surface area contributed by atoms with Crippen LogP contribution < -0.4 is 10.2 Å². The van der Waals surface area contributed by atoms with Crippen molar-refractivity contribution in [1.82, 2.24) is 0 Å². The normalized spacial score (nSPS) is 9.90. The van der Waals surface area contributed by atoms with E-state index in [2.05, 4.69) is 0 Å². The summed E-state index contributed by atoms with van der Waals surface area (Å²) < 4.78 is 0. The van der Waals surface area contributed by atoms with E-state index in [0.717, 1.165) is 6.92 Å². The first-order chi connectivity index (χ1) is 4.04. The third kappa shape index (κ3) is 6.07. The minimum absolute atomic E-state index is 0. The molecule has 0 saturated carbocycles. The Morgan fingerprint density at radius 3 is 1.80 bits per heavy atom. The Morgan fingerprint density at radius 2 is 1.70 bits per heavy atom. The molecule has 0 aromatic heterocycles. The summed E-state index contributed by atoms with van der Waals surface area (Å²) in [5, 5.41) is 19.4. The molecule has 5 heteroatoms. The van der Waals surface area contributed by atoms with Gasteiger partial charge in [0, 0.05) is 0 Å². The average Bonchev–Trinajstić information content (AvgIpc) is 1.63. The second-order valence-electron chi connectivity index (χ2n) is 1.43. The standard InChI is InChI=1S/C5H6O4.Ca/c1-3(5(8)9)2-4(6)7;/h2H,1H3,(H,6,7)(H,8,9);/q;+2/p-2. The summed E-state index contributed by atoms with van der Waals surface area (Å²) in [4.78, 5) is 19.4. The number of hydrogen-bond acceptors (Lipinski definition) is 4. The van der Waals surface area contributed by atoms with Gasteiger partial charge in [-0.25, -0.2) is 0 Å². The van der Waals surface area contributed by atoms with Gasteiger partial charge in [-0.3, -0.25) is 0 Å². The van der Waals surface area contributed by atoms with Crippen LogP contribution in [0.1, 0.15) is 6.92 Å². The van der Waals surface area contributed by atoms with Crippen LogP contribution in [0.25, 0.3) is 0 Å². The Morgan fingerprint density at radius 1 is 1.30 bits per heavy atom. The van der Waals surface area contributed by atoms with Crippen molar-refractivity contribution in [3.8, 4) is 0 Å². The van der Waals surface area contributed by atoms with E-state index in [9.17, 15) is 19.8 Å². The van der Waals surface area contributed by atoms with Crippen LogP contribution in [0.5, 0.6) is 0 Å². The Balaban J connectivity index is 0. The summed E-state index contributed by atoms with van der Waals surface area (Å²) in [6.07, 6.45) is 0.468. The van der Waals surface area contributed by atoms with Gasteiger partial charge in [-0.05, 0) is 18.6 Å². The number of aliphatic carboxylic acids is 2. The maximum Gasteiger partial charge on any atom is 2.00 e. The van der Waals surface area contributed by atoms with Gasteiger partial charge in [0.25, 0.3) is 0 Å². The largest absolute Gasteiger partial charge is 2.00 e. The van der Waals surface area contributed by atoms with Gasteiger partial charge in [0.05, 0.1) is 11.9 Å². The van der Waals surface area contributed by atoms with Crippen LogP contribution in [-0.2, 0) is 9.59 Å². The summed E-state index contributed by atoms with van der Waals surface area (Å²) in [6.45, 7) is 1.12. The molecule has 0 rings (SSSR count). The number of carboxylic acids is 2. The first kappa shape index (κ1) is 12.6. The summed E-state index contributed by atoms with van der Waals surface area (Å²) in [5.74, 6) is -3.03. The minimum Gasteiger partial charge on any atom is -0.545 e. The molecule has 0 N–H and O–H groups in total. The number of hydrogen-bond donors (Lipinski definition) is 0. The molecular formula is C5H4CaO4. The van der Waals surface area contributed by atoms with Crippen molar-refractivity contribution in [1.29, 1.82) is 0 Å². The molecule has 0 radical (unpaired) electrons. The summed E-state index contributed by atoms with van der Waals surface area (Å²) in [6, 6.07) is 0. The molecule has 0 aliphatic carbocycles. The molecule has 4 nitrogen and oxygen atoms in total. The van der Waals surface area contributed by atoms with Gasteiger partial charge in [0.2, 0.25) is 0 Å². The van der Waals surface area contributed by atoms with Crippen molar-refractivity contribution < 1.29 is 19.8 Å². The van der Waals surface area contributed by atoms with Crippen molar-refractivity contribution in [2.45, 2.75) is 6.92 Å². The molecule has 0 aliphatic rings. The van der Waals surface area contributed by atoms with Crippen LogP contribution in [0, 0.1) is 0 Å². The molecule has 0 atom stereocenters. The Labute approximate surface area is 87.5 Å². The number of rotatable bonds is 2. The van der Waals surface area contributed by atoms with Gasteiger partial charge in [-0.15, -0.1) is 0 Å². The predicted molar refractivity (Wildman–Crippen MR) is 29.5 cm³/mol. The zero-order valence-electron chi connectivity index (χ0n) is 5.42. The zero-order chi connectivity index (χ0) is 7.44. The summed E-state index contributed by atoms with van der Waals surface area (Å²) in [7, 11) is 0. The molecule has 0 heterocycles. The molecule has 0 spiro atoms. The van der Waals surface area contributed by atoms with Crippen LogP contribution in [-0.4, -0.2) is 49.7 Å². The number of carbonyl (C=O) groups excluding carboxylic acids is 2. The van der Waals surface area contributed by atoms with Gasteiger partial charge < -0.3 is 19.8 Å². The topological polar surface area (TPSA) is 80.3 Å². The number of carbonyl (C=O) groups is 2. The van der Waals surface area contributed by atoms with Crippen LogP contribution in [0.4, 0.5) is 0 Å². The van der Waals surface area contributed by atoms with Crippen molar-refractivity contribution in [3.05, 3.63) is 11.6 Å². The second-order valence-corrected chi connectivity index (χ2v) is 1.43. The van der Waals surface area contributed by atoms with Gasteiger partial charge in [0.1, 0.15) is 0 Å². The molecule has 0 aliphatic heterocycles. The average molecular weight is 168 g/mol. The van der Waals surface area contributed by atoms with E-state index >= 15 is 0 Å². The maximum absolute atomic E-state index is 9.76. The van der Waals surface area contributed by atoms with Crippen molar-refractivity contribution >= 4 is 49.7 Å². The van der Waals surface area contributed by atoms with E-state index in [0.29, 0.717) is 6.08 Å². The maximum atomic E-state index is 9.76. The third-order valence-corrected chi connectivity index (χ3v) is 0.656. The van der Waals surface area contributed by atoms with E-state index in [1.165, 1.54) is 0 Å². The molecular weight excluding hydrogens is 164 g/mol. The van der Waals surface area contributed by atoms with Crippen molar-refractivity contribution in [2.75, 3.05) is 0 Å². The van der Waals surface area contributed by atoms with E-state index in [1.54, 1.807) is 0 Å². The van der Waals surface area contributed by atoms with Crippen molar-refractivity contribution in [3.63, 3.8) is 0 Å². The molecule has 50 valence electrons. The van der Waals surface area contributed by atoms with E-state index in [1.807, 2.05) is 0 Å². The molecule has 0 unspecified atom stereocenters. The molecule has 0 bridgehead atoms. The summed E-state index contributed by atoms with van der Waals surface area (Å²) in [5.41, 5.74) is -0.352. The fourth-order valence-corrected chi connectivity index (χ4v) is 0.236. The second kappa shape index (κ2) is 5.70. The van der Waals surface area contributed by atoms with E-state index in [-0.39, 0.29) is 43.3 Å². The molecule has 0 amide bonds. The SMILES string of the molecule is CC(=CC(=O)[O-])C(=O)[O-].[Ca+2]. The molecule has 0 aromatic rings. The Hall–Kier alpha value is -0.0603. The third-order valence-electron chi connectivity index (χ3n) is 0.656. The van der Waals surface area contributed by atoms with E-state index in [4.69, 9.17) is 0 Å². The predicted octanol–water partition coefficient (Wildman–Crippen LogP) is -2.95. The van der Waals surface area contributed by atoms with Crippen LogP contribution in [0.15, 0.2) is 11.6 Å². The molecule has 0 saturated heterocycles. The smallest absolute Gasteiger partial charge is 0.545 e. The van der Waals surface area contributed by atoms with Crippen LogP contribution >= 0.6 is 0 Å². The Bertz CT molecular complexity index is 172. The fraction of sp³-hybridized carbons (Fsp3) is 0.200. The van der Waals surface area contributed by atoms with Gasteiger partial charge in [-0.1, -0.05) is 0 Å². The quantitative estimate of drug-likeness (QED) is 0.326. The van der Waals surface area contributed by atoms with Crippen molar-refractivity contribution in [2.24, 2.45) is 0 Å². The molecule has 10 heavy (non-hydrogen) atoms. The van der Waals surface area contributed by atoms with E-state index < -0.39 is 11.9 Å². The zero-order valence-corrected chi connectivity index (χ0v) is 7.63.